The Morgan fingerprint density at radius 3 is 2.32 bits per heavy atom. The zero-order chi connectivity index (χ0) is 14.7. The van der Waals surface area contributed by atoms with Gasteiger partial charge >= 0.3 is 0 Å². The van der Waals surface area contributed by atoms with E-state index in [1.165, 1.54) is 0 Å². The van der Waals surface area contributed by atoms with Crippen LogP contribution in [-0.2, 0) is 9.53 Å². The SMILES string of the molecule is COC(CN)CC(=O)NC1CC(C)(C)NC(C)(C)C1. The molecule has 5 heteroatoms. The molecule has 19 heavy (non-hydrogen) atoms. The predicted octanol–water partition coefficient (Wildman–Crippen LogP) is 0.776. The number of nitrogens with two attached hydrogens (primary N) is 1. The van der Waals surface area contributed by atoms with Crippen LogP contribution in [0.1, 0.15) is 47.0 Å². The van der Waals surface area contributed by atoms with Crippen LogP contribution in [0.5, 0.6) is 0 Å². The summed E-state index contributed by atoms with van der Waals surface area (Å²) < 4.78 is 5.14. The maximum atomic E-state index is 12.0. The molecule has 1 aliphatic heterocycles. The molecule has 1 rings (SSSR count). The Kier molecular flexibility index (Phi) is 5.35. The zero-order valence-corrected chi connectivity index (χ0v) is 12.9. The molecule has 0 spiro atoms. The second-order valence-electron chi connectivity index (χ2n) is 6.86. The van der Waals surface area contributed by atoms with E-state index in [9.17, 15) is 4.79 Å². The van der Waals surface area contributed by atoms with Crippen molar-refractivity contribution >= 4 is 5.91 Å². The number of carbonyl (C=O) groups excluding carboxylic acids is 1. The van der Waals surface area contributed by atoms with E-state index < -0.39 is 0 Å². The van der Waals surface area contributed by atoms with Crippen molar-refractivity contribution in [1.29, 1.82) is 0 Å². The van der Waals surface area contributed by atoms with Gasteiger partial charge in [-0.1, -0.05) is 0 Å². The molecule has 1 aliphatic rings. The van der Waals surface area contributed by atoms with Crippen LogP contribution in [0.2, 0.25) is 0 Å². The van der Waals surface area contributed by atoms with E-state index in [0.29, 0.717) is 13.0 Å². The lowest BCUT2D eigenvalue weighted by atomic mass is 9.79. The first kappa shape index (κ1) is 16.4. The van der Waals surface area contributed by atoms with Crippen molar-refractivity contribution in [1.82, 2.24) is 10.6 Å². The maximum Gasteiger partial charge on any atom is 0.222 e. The van der Waals surface area contributed by atoms with E-state index in [4.69, 9.17) is 10.5 Å². The maximum absolute atomic E-state index is 12.0. The highest BCUT2D eigenvalue weighted by molar-refractivity contribution is 5.76. The minimum absolute atomic E-state index is 0.0239. The fraction of sp³-hybridized carbons (Fsp3) is 0.929. The van der Waals surface area contributed by atoms with Crippen molar-refractivity contribution in [2.75, 3.05) is 13.7 Å². The first-order chi connectivity index (χ1) is 8.67. The molecule has 0 aromatic heterocycles. The Balaban J connectivity index is 2.54. The molecular weight excluding hydrogens is 242 g/mol. The first-order valence-electron chi connectivity index (χ1n) is 6.99. The number of nitrogens with one attached hydrogen (secondary N) is 2. The van der Waals surface area contributed by atoms with Crippen molar-refractivity contribution in [2.24, 2.45) is 5.73 Å². The first-order valence-corrected chi connectivity index (χ1v) is 6.99. The molecule has 0 aliphatic carbocycles. The minimum Gasteiger partial charge on any atom is -0.380 e. The van der Waals surface area contributed by atoms with Crippen molar-refractivity contribution in [3.05, 3.63) is 0 Å². The third-order valence-electron chi connectivity index (χ3n) is 3.56. The molecule has 1 heterocycles. The monoisotopic (exact) mass is 271 g/mol. The Labute approximate surface area is 116 Å². The molecule has 0 saturated carbocycles. The lowest BCUT2D eigenvalue weighted by molar-refractivity contribution is -0.124. The quantitative estimate of drug-likeness (QED) is 0.690. The van der Waals surface area contributed by atoms with E-state index in [1.54, 1.807) is 7.11 Å². The van der Waals surface area contributed by atoms with Crippen LogP contribution in [0.3, 0.4) is 0 Å². The van der Waals surface area contributed by atoms with Gasteiger partial charge in [-0.05, 0) is 40.5 Å². The molecule has 0 aromatic carbocycles. The van der Waals surface area contributed by atoms with Crippen molar-refractivity contribution in [3.63, 3.8) is 0 Å². The van der Waals surface area contributed by atoms with Crippen LogP contribution >= 0.6 is 0 Å². The van der Waals surface area contributed by atoms with Crippen molar-refractivity contribution in [2.45, 2.75) is 70.2 Å². The summed E-state index contributed by atoms with van der Waals surface area (Å²) in [5, 5.41) is 6.72. The van der Waals surface area contributed by atoms with Gasteiger partial charge in [0, 0.05) is 30.8 Å². The van der Waals surface area contributed by atoms with Crippen molar-refractivity contribution < 1.29 is 9.53 Å². The van der Waals surface area contributed by atoms with Crippen LogP contribution in [-0.4, -0.2) is 42.8 Å². The van der Waals surface area contributed by atoms with Gasteiger partial charge < -0.3 is 21.1 Å². The van der Waals surface area contributed by atoms with E-state index in [-0.39, 0.29) is 29.1 Å². The summed E-state index contributed by atoms with van der Waals surface area (Å²) in [4.78, 5) is 12.0. The molecule has 0 aromatic rings. The van der Waals surface area contributed by atoms with Crippen LogP contribution < -0.4 is 16.4 Å². The second kappa shape index (κ2) is 6.20. The molecule has 4 N–H and O–H groups in total. The third kappa shape index (κ3) is 5.47. The van der Waals surface area contributed by atoms with E-state index in [2.05, 4.69) is 38.3 Å². The Hall–Kier alpha value is -0.650. The summed E-state index contributed by atoms with van der Waals surface area (Å²) in [6, 6.07) is 0.203. The van der Waals surface area contributed by atoms with Gasteiger partial charge in [0.1, 0.15) is 0 Å². The molecule has 1 atom stereocenters. The lowest BCUT2D eigenvalue weighted by Crippen LogP contribution is -2.62. The standard InChI is InChI=1S/C14H29N3O2/c1-13(2)7-10(8-14(3,4)17-13)16-12(18)6-11(9-15)19-5/h10-11,17H,6-9,15H2,1-5H3,(H,16,18). The molecular formula is C14H29N3O2. The van der Waals surface area contributed by atoms with Gasteiger partial charge in [0.2, 0.25) is 5.91 Å². The highest BCUT2D eigenvalue weighted by atomic mass is 16.5. The van der Waals surface area contributed by atoms with Crippen molar-refractivity contribution in [3.8, 4) is 0 Å². The molecule has 1 unspecified atom stereocenters. The average molecular weight is 271 g/mol. The number of carbonyl (C=O) groups is 1. The fourth-order valence-corrected chi connectivity index (χ4v) is 3.18. The smallest absolute Gasteiger partial charge is 0.222 e. The largest absolute Gasteiger partial charge is 0.380 e. The van der Waals surface area contributed by atoms with Gasteiger partial charge in [-0.3, -0.25) is 4.79 Å². The topological polar surface area (TPSA) is 76.4 Å². The van der Waals surface area contributed by atoms with E-state index >= 15 is 0 Å². The summed E-state index contributed by atoms with van der Waals surface area (Å²) in [5.41, 5.74) is 5.61. The number of rotatable bonds is 5. The molecule has 112 valence electrons. The number of ether oxygens (including phenoxy) is 1. The number of methoxy groups -OCH3 is 1. The number of piperidine rings is 1. The highest BCUT2D eigenvalue weighted by Gasteiger charge is 2.38. The molecule has 0 radical (unpaired) electrons. The third-order valence-corrected chi connectivity index (χ3v) is 3.56. The summed E-state index contributed by atoms with van der Waals surface area (Å²) in [6.07, 6.45) is 2.01. The van der Waals surface area contributed by atoms with Gasteiger partial charge in [-0.2, -0.15) is 0 Å². The van der Waals surface area contributed by atoms with Gasteiger partial charge in [0.25, 0.3) is 0 Å². The summed E-state index contributed by atoms with van der Waals surface area (Å²) in [7, 11) is 1.58. The summed E-state index contributed by atoms with van der Waals surface area (Å²) in [6.45, 7) is 9.05. The minimum atomic E-state index is -0.192. The van der Waals surface area contributed by atoms with E-state index in [1.807, 2.05) is 0 Å². The molecule has 1 saturated heterocycles. The number of hydrogen-bond acceptors (Lipinski definition) is 4. The molecule has 5 nitrogen and oxygen atoms in total. The summed E-state index contributed by atoms with van der Waals surface area (Å²) in [5.74, 6) is 0.0239. The van der Waals surface area contributed by atoms with Gasteiger partial charge in [0.05, 0.1) is 12.5 Å². The summed E-state index contributed by atoms with van der Waals surface area (Å²) >= 11 is 0. The van der Waals surface area contributed by atoms with Crippen LogP contribution in [0.15, 0.2) is 0 Å². The molecule has 1 amide bonds. The molecule has 0 bridgehead atoms. The Morgan fingerprint density at radius 1 is 1.37 bits per heavy atom. The zero-order valence-electron chi connectivity index (χ0n) is 12.9. The average Bonchev–Trinajstić information content (AvgIpc) is 2.21. The van der Waals surface area contributed by atoms with Gasteiger partial charge in [-0.25, -0.2) is 0 Å². The predicted molar refractivity (Wildman–Crippen MR) is 76.9 cm³/mol. The van der Waals surface area contributed by atoms with Gasteiger partial charge in [0.15, 0.2) is 0 Å². The fourth-order valence-electron chi connectivity index (χ4n) is 3.18. The second-order valence-corrected chi connectivity index (χ2v) is 6.86. The normalized spacial score (nSPS) is 23.9. The molecule has 1 fully saturated rings. The highest BCUT2D eigenvalue weighted by Crippen LogP contribution is 2.28. The Bertz CT molecular complexity index is 296. The number of hydrogen-bond donors (Lipinski definition) is 3. The van der Waals surface area contributed by atoms with E-state index in [0.717, 1.165) is 12.8 Å². The van der Waals surface area contributed by atoms with Crippen LogP contribution in [0, 0.1) is 0 Å². The van der Waals surface area contributed by atoms with Crippen LogP contribution in [0.4, 0.5) is 0 Å². The van der Waals surface area contributed by atoms with Crippen LogP contribution in [0.25, 0.3) is 0 Å². The lowest BCUT2D eigenvalue weighted by Gasteiger charge is -2.46. The Morgan fingerprint density at radius 2 is 1.89 bits per heavy atom. The number of amides is 1. The van der Waals surface area contributed by atoms with Gasteiger partial charge in [-0.15, -0.1) is 0 Å².